The summed E-state index contributed by atoms with van der Waals surface area (Å²) in [6.45, 7) is 2.20. The number of piperidine rings is 1. The summed E-state index contributed by atoms with van der Waals surface area (Å²) in [7, 11) is 0. The van der Waals surface area contributed by atoms with Gasteiger partial charge in [0, 0.05) is 36.7 Å². The zero-order chi connectivity index (χ0) is 25.1. The van der Waals surface area contributed by atoms with Crippen LogP contribution in [0.3, 0.4) is 0 Å². The van der Waals surface area contributed by atoms with Crippen molar-refractivity contribution in [3.63, 3.8) is 0 Å². The van der Waals surface area contributed by atoms with Gasteiger partial charge in [0.1, 0.15) is 30.3 Å². The highest BCUT2D eigenvalue weighted by molar-refractivity contribution is 6.32. The summed E-state index contributed by atoms with van der Waals surface area (Å²) in [5.74, 6) is 0.856. The third-order valence-corrected chi connectivity index (χ3v) is 6.63. The van der Waals surface area contributed by atoms with Crippen molar-refractivity contribution >= 4 is 34.0 Å². The van der Waals surface area contributed by atoms with Crippen LogP contribution in [0.1, 0.15) is 17.5 Å². The van der Waals surface area contributed by atoms with Crippen molar-refractivity contribution in [1.29, 1.82) is 0 Å². The molecule has 3 aromatic carbocycles. The number of hydrogen-bond acceptors (Lipinski definition) is 7. The Morgan fingerprint density at radius 1 is 1.14 bits per heavy atom. The molecule has 4 aromatic rings. The number of hydrogen-bond donors (Lipinski definition) is 3. The summed E-state index contributed by atoms with van der Waals surface area (Å²) in [6.07, 6.45) is 1.74. The molecule has 0 unspecified atom stereocenters. The van der Waals surface area contributed by atoms with Crippen LogP contribution in [0, 0.1) is 5.82 Å². The van der Waals surface area contributed by atoms with Gasteiger partial charge < -0.3 is 20.9 Å². The van der Waals surface area contributed by atoms with E-state index in [4.69, 9.17) is 22.1 Å². The molecule has 1 aliphatic heterocycles. The molecular formula is C27H27ClFN5O2. The van der Waals surface area contributed by atoms with Crippen LogP contribution in [0.5, 0.6) is 5.75 Å². The number of nitrogens with one attached hydrogen (secondary N) is 1. The second-order valence-electron chi connectivity index (χ2n) is 8.98. The highest BCUT2D eigenvalue weighted by Gasteiger charge is 2.25. The second kappa shape index (κ2) is 10.8. The minimum atomic E-state index is -0.536. The lowest BCUT2D eigenvalue weighted by Crippen LogP contribution is -2.50. The predicted molar refractivity (Wildman–Crippen MR) is 139 cm³/mol. The SMILES string of the molecule is N[C@@H]1CCN(Cc2cccc3ncnc(Nc4ccc(OCc5cccc(F)c5)c(Cl)c4)c23)C[C@H]1O. The number of β-amino-alcohol motifs (C(OH)–C–C–N with tert-alkyl or cyclic N) is 1. The van der Waals surface area contributed by atoms with Crippen LogP contribution in [-0.2, 0) is 13.2 Å². The number of ether oxygens (including phenoxy) is 1. The van der Waals surface area contributed by atoms with Crippen LogP contribution < -0.4 is 15.8 Å². The molecule has 9 heteroatoms. The Hall–Kier alpha value is -3.30. The molecule has 0 amide bonds. The van der Waals surface area contributed by atoms with E-state index in [1.165, 1.54) is 18.5 Å². The zero-order valence-electron chi connectivity index (χ0n) is 19.6. The fourth-order valence-electron chi connectivity index (χ4n) is 4.43. The maximum Gasteiger partial charge on any atom is 0.142 e. The number of nitrogens with zero attached hydrogens (tertiary/aromatic N) is 3. The van der Waals surface area contributed by atoms with E-state index in [1.54, 1.807) is 24.3 Å². The number of fused-ring (bicyclic) bond motifs is 1. The normalized spacial score (nSPS) is 18.3. The van der Waals surface area contributed by atoms with E-state index >= 15 is 0 Å². The minimum absolute atomic E-state index is 0.181. The summed E-state index contributed by atoms with van der Waals surface area (Å²) >= 11 is 6.48. The molecule has 1 saturated heterocycles. The van der Waals surface area contributed by atoms with Crippen LogP contribution in [-0.4, -0.2) is 45.2 Å². The quantitative estimate of drug-likeness (QED) is 0.335. The standard InChI is InChI=1S/C27H27ClFN5O2/c28-21-12-20(7-8-25(21)36-15-17-3-1-5-19(29)11-17)33-27-26-18(4-2-6-23(26)31-16-32-27)13-34-10-9-22(30)24(35)14-34/h1-8,11-12,16,22,24,35H,9-10,13-15,30H2,(H,31,32,33)/t22-,24-/m1/s1. The largest absolute Gasteiger partial charge is 0.487 e. The molecule has 5 rings (SSSR count). The van der Waals surface area contributed by atoms with Crippen molar-refractivity contribution in [2.24, 2.45) is 5.73 Å². The third kappa shape index (κ3) is 5.57. The van der Waals surface area contributed by atoms with E-state index in [-0.39, 0.29) is 18.5 Å². The lowest BCUT2D eigenvalue weighted by molar-refractivity contribution is 0.0501. The van der Waals surface area contributed by atoms with Gasteiger partial charge in [0.25, 0.3) is 0 Å². The molecule has 0 bridgehead atoms. The molecule has 0 spiro atoms. The van der Waals surface area contributed by atoms with Crippen molar-refractivity contribution in [2.45, 2.75) is 31.7 Å². The number of likely N-dealkylation sites (tertiary alicyclic amines) is 1. The maximum absolute atomic E-state index is 13.4. The molecule has 0 radical (unpaired) electrons. The van der Waals surface area contributed by atoms with Crippen molar-refractivity contribution in [3.05, 3.63) is 89.0 Å². The molecule has 1 aliphatic rings. The number of aliphatic hydroxyl groups excluding tert-OH is 1. The first-order valence-electron chi connectivity index (χ1n) is 11.8. The second-order valence-corrected chi connectivity index (χ2v) is 9.38. The predicted octanol–water partition coefficient (Wildman–Crippen LogP) is 4.64. The first kappa shape index (κ1) is 24.4. The number of nitrogens with two attached hydrogens (primary N) is 1. The van der Waals surface area contributed by atoms with Crippen LogP contribution in [0.4, 0.5) is 15.9 Å². The van der Waals surface area contributed by atoms with Crippen LogP contribution in [0.2, 0.25) is 5.02 Å². The topological polar surface area (TPSA) is 96.5 Å². The Balaban J connectivity index is 1.35. The fourth-order valence-corrected chi connectivity index (χ4v) is 4.66. The summed E-state index contributed by atoms with van der Waals surface area (Å²) in [5.41, 5.74) is 9.31. The minimum Gasteiger partial charge on any atom is -0.487 e. The van der Waals surface area contributed by atoms with Crippen molar-refractivity contribution in [2.75, 3.05) is 18.4 Å². The van der Waals surface area contributed by atoms with Gasteiger partial charge in [-0.05, 0) is 53.9 Å². The van der Waals surface area contributed by atoms with Crippen LogP contribution in [0.15, 0.2) is 67.0 Å². The van der Waals surface area contributed by atoms with Crippen molar-refractivity contribution < 1.29 is 14.2 Å². The number of aromatic nitrogens is 2. The first-order chi connectivity index (χ1) is 17.5. The summed E-state index contributed by atoms with van der Waals surface area (Å²) < 4.78 is 19.2. The van der Waals surface area contributed by atoms with Crippen molar-refractivity contribution in [1.82, 2.24) is 14.9 Å². The Labute approximate surface area is 213 Å². The lowest BCUT2D eigenvalue weighted by atomic mass is 10.0. The number of aliphatic hydroxyl groups is 1. The molecule has 0 aliphatic carbocycles. The fraction of sp³-hybridized carbons (Fsp3) is 0.259. The van der Waals surface area contributed by atoms with Gasteiger partial charge in [-0.25, -0.2) is 14.4 Å². The van der Waals surface area contributed by atoms with Crippen LogP contribution in [0.25, 0.3) is 10.9 Å². The van der Waals surface area contributed by atoms with E-state index < -0.39 is 6.10 Å². The number of anilines is 2. The first-order valence-corrected chi connectivity index (χ1v) is 12.2. The summed E-state index contributed by atoms with van der Waals surface area (Å²) in [5, 5.41) is 14.9. The molecular weight excluding hydrogens is 481 g/mol. The van der Waals surface area contributed by atoms with Crippen molar-refractivity contribution in [3.8, 4) is 5.75 Å². The van der Waals surface area contributed by atoms with Gasteiger partial charge in [-0.1, -0.05) is 35.9 Å². The van der Waals surface area contributed by atoms with Gasteiger partial charge in [-0.2, -0.15) is 0 Å². The maximum atomic E-state index is 13.4. The van der Waals surface area contributed by atoms with Gasteiger partial charge in [0.2, 0.25) is 0 Å². The molecule has 186 valence electrons. The molecule has 7 nitrogen and oxygen atoms in total. The Morgan fingerprint density at radius 3 is 2.81 bits per heavy atom. The average molecular weight is 508 g/mol. The summed E-state index contributed by atoms with van der Waals surface area (Å²) in [6, 6.07) is 17.4. The molecule has 4 N–H and O–H groups in total. The van der Waals surface area contributed by atoms with E-state index in [0.29, 0.717) is 29.7 Å². The van der Waals surface area contributed by atoms with Gasteiger partial charge in [0.15, 0.2) is 0 Å². The van der Waals surface area contributed by atoms with Gasteiger partial charge >= 0.3 is 0 Å². The highest BCUT2D eigenvalue weighted by atomic mass is 35.5. The Bertz CT molecular complexity index is 1370. The number of benzene rings is 3. The summed E-state index contributed by atoms with van der Waals surface area (Å²) in [4.78, 5) is 11.1. The van der Waals surface area contributed by atoms with E-state index in [2.05, 4.69) is 20.2 Å². The highest BCUT2D eigenvalue weighted by Crippen LogP contribution is 2.32. The Morgan fingerprint density at radius 2 is 2.00 bits per heavy atom. The third-order valence-electron chi connectivity index (χ3n) is 6.34. The van der Waals surface area contributed by atoms with E-state index in [0.717, 1.165) is 40.7 Å². The zero-order valence-corrected chi connectivity index (χ0v) is 20.3. The molecule has 36 heavy (non-hydrogen) atoms. The molecule has 1 fully saturated rings. The van der Waals surface area contributed by atoms with Gasteiger partial charge in [0.05, 0.1) is 16.6 Å². The van der Waals surface area contributed by atoms with Crippen LogP contribution >= 0.6 is 11.6 Å². The van der Waals surface area contributed by atoms with Gasteiger partial charge in [-0.15, -0.1) is 0 Å². The number of halogens is 2. The monoisotopic (exact) mass is 507 g/mol. The number of rotatable bonds is 7. The Kier molecular flexibility index (Phi) is 7.29. The van der Waals surface area contributed by atoms with E-state index in [9.17, 15) is 9.50 Å². The van der Waals surface area contributed by atoms with Gasteiger partial charge in [-0.3, -0.25) is 4.90 Å². The molecule has 1 aromatic heterocycles. The molecule has 2 heterocycles. The average Bonchev–Trinajstić information content (AvgIpc) is 2.86. The smallest absolute Gasteiger partial charge is 0.142 e. The molecule has 2 atom stereocenters. The van der Waals surface area contributed by atoms with E-state index in [1.807, 2.05) is 24.3 Å². The lowest BCUT2D eigenvalue weighted by Gasteiger charge is -2.34. The molecule has 0 saturated carbocycles.